The number of benzene rings is 1. The lowest BCUT2D eigenvalue weighted by molar-refractivity contribution is 0.470. The Kier molecular flexibility index (Phi) is 2.10. The molecule has 4 N–H and O–H groups in total. The molecule has 0 amide bonds. The summed E-state index contributed by atoms with van der Waals surface area (Å²) in [4.78, 5) is 0. The van der Waals surface area contributed by atoms with Crippen molar-refractivity contribution in [3.05, 3.63) is 18.2 Å². The molecule has 5 nitrogen and oxygen atoms in total. The van der Waals surface area contributed by atoms with Gasteiger partial charge in [-0.25, -0.2) is 13.6 Å². The number of fused-ring (bicyclic) bond motifs is 1. The largest absolute Gasteiger partial charge is 0.507 e. The van der Waals surface area contributed by atoms with E-state index in [0.717, 1.165) is 11.3 Å². The first kappa shape index (κ1) is 10.2. The molecule has 0 aliphatic heterocycles. The Morgan fingerprint density at radius 3 is 2.33 bits per heavy atom. The van der Waals surface area contributed by atoms with Gasteiger partial charge < -0.3 is 10.2 Å². The van der Waals surface area contributed by atoms with Crippen LogP contribution in [0, 0.1) is 0 Å². The summed E-state index contributed by atoms with van der Waals surface area (Å²) in [5, 5.41) is 24.1. The standard InChI is InChI=1S/C8H7NO4S2/c9-15(12,13)7-3-4-5(10)1-2-6(11)8(4)14-7/h1-3,10-11H,(H2,9,12,13). The van der Waals surface area contributed by atoms with Crippen molar-refractivity contribution in [2.45, 2.75) is 4.21 Å². The zero-order valence-electron chi connectivity index (χ0n) is 7.34. The van der Waals surface area contributed by atoms with Crippen LogP contribution >= 0.6 is 11.3 Å². The van der Waals surface area contributed by atoms with Crippen molar-refractivity contribution in [1.82, 2.24) is 0 Å². The molecule has 0 spiro atoms. The van der Waals surface area contributed by atoms with Gasteiger partial charge in [-0.05, 0) is 18.2 Å². The van der Waals surface area contributed by atoms with E-state index in [1.165, 1.54) is 18.2 Å². The van der Waals surface area contributed by atoms with Crippen LogP contribution in [0.15, 0.2) is 22.4 Å². The van der Waals surface area contributed by atoms with E-state index in [2.05, 4.69) is 0 Å². The highest BCUT2D eigenvalue weighted by atomic mass is 32.2. The fourth-order valence-electron chi connectivity index (χ4n) is 1.21. The summed E-state index contributed by atoms with van der Waals surface area (Å²) in [7, 11) is -3.80. The number of hydrogen-bond acceptors (Lipinski definition) is 5. The Morgan fingerprint density at radius 2 is 1.80 bits per heavy atom. The van der Waals surface area contributed by atoms with E-state index in [4.69, 9.17) is 5.14 Å². The van der Waals surface area contributed by atoms with Gasteiger partial charge in [-0.1, -0.05) is 0 Å². The molecule has 7 heteroatoms. The summed E-state index contributed by atoms with van der Waals surface area (Å²) < 4.78 is 22.3. The number of phenols is 2. The Hall–Kier alpha value is -1.31. The van der Waals surface area contributed by atoms with E-state index in [1.54, 1.807) is 0 Å². The number of thiophene rings is 1. The third-order valence-corrected chi connectivity index (χ3v) is 4.48. The highest BCUT2D eigenvalue weighted by molar-refractivity contribution is 7.91. The van der Waals surface area contributed by atoms with Crippen molar-refractivity contribution in [2.24, 2.45) is 5.14 Å². The molecule has 0 radical (unpaired) electrons. The molecular formula is C8H7NO4S2. The van der Waals surface area contributed by atoms with Crippen molar-refractivity contribution in [2.75, 3.05) is 0 Å². The van der Waals surface area contributed by atoms with Crippen LogP contribution in [0.3, 0.4) is 0 Å². The molecule has 0 fully saturated rings. The van der Waals surface area contributed by atoms with Gasteiger partial charge in [0.1, 0.15) is 15.7 Å². The van der Waals surface area contributed by atoms with Crippen LogP contribution in [0.2, 0.25) is 0 Å². The lowest BCUT2D eigenvalue weighted by Gasteiger charge is -1.95. The molecule has 0 saturated heterocycles. The molecular weight excluding hydrogens is 238 g/mol. The Bertz CT molecular complexity index is 590. The first-order valence-corrected chi connectivity index (χ1v) is 6.23. The van der Waals surface area contributed by atoms with Gasteiger partial charge in [-0.2, -0.15) is 0 Å². The average Bonchev–Trinajstić information content (AvgIpc) is 2.56. The number of primary sulfonamides is 1. The van der Waals surface area contributed by atoms with E-state index in [1.807, 2.05) is 0 Å². The van der Waals surface area contributed by atoms with Crippen LogP contribution in [-0.4, -0.2) is 18.6 Å². The summed E-state index contributed by atoms with van der Waals surface area (Å²) in [6, 6.07) is 3.82. The van der Waals surface area contributed by atoms with Gasteiger partial charge >= 0.3 is 0 Å². The second-order valence-corrected chi connectivity index (χ2v) is 5.80. The van der Waals surface area contributed by atoms with Gasteiger partial charge in [0, 0.05) is 5.39 Å². The van der Waals surface area contributed by atoms with Gasteiger partial charge in [0.05, 0.1) is 4.70 Å². The number of aromatic hydroxyl groups is 2. The Balaban J connectivity index is 2.87. The van der Waals surface area contributed by atoms with Crippen molar-refractivity contribution in [1.29, 1.82) is 0 Å². The van der Waals surface area contributed by atoms with Crippen LogP contribution in [0.25, 0.3) is 10.1 Å². The van der Waals surface area contributed by atoms with Crippen molar-refractivity contribution in [3.63, 3.8) is 0 Å². The van der Waals surface area contributed by atoms with Crippen LogP contribution in [-0.2, 0) is 10.0 Å². The molecule has 0 atom stereocenters. The fourth-order valence-corrected chi connectivity index (χ4v) is 3.03. The summed E-state index contributed by atoms with van der Waals surface area (Å²) in [5.41, 5.74) is 0. The van der Waals surface area contributed by atoms with Crippen molar-refractivity contribution >= 4 is 31.4 Å². The monoisotopic (exact) mass is 245 g/mol. The quantitative estimate of drug-likeness (QED) is 0.651. The predicted octanol–water partition coefficient (Wildman–Crippen LogP) is 0.960. The van der Waals surface area contributed by atoms with Crippen LogP contribution in [0.4, 0.5) is 0 Å². The summed E-state index contributed by atoms with van der Waals surface area (Å²) in [5.74, 6) is -0.170. The average molecular weight is 245 g/mol. The molecule has 2 rings (SSSR count). The van der Waals surface area contributed by atoms with E-state index in [-0.39, 0.29) is 21.1 Å². The van der Waals surface area contributed by atoms with Crippen molar-refractivity contribution in [3.8, 4) is 11.5 Å². The highest BCUT2D eigenvalue weighted by Gasteiger charge is 2.16. The topological polar surface area (TPSA) is 101 Å². The first-order valence-electron chi connectivity index (χ1n) is 3.87. The summed E-state index contributed by atoms with van der Waals surface area (Å²) in [6.07, 6.45) is 0. The molecule has 0 bridgehead atoms. The SMILES string of the molecule is NS(=O)(=O)c1cc2c(O)ccc(O)c2s1. The van der Waals surface area contributed by atoms with Gasteiger partial charge in [0.2, 0.25) is 10.0 Å². The van der Waals surface area contributed by atoms with Gasteiger partial charge in [-0.15, -0.1) is 11.3 Å². The minimum Gasteiger partial charge on any atom is -0.507 e. The second kappa shape index (κ2) is 3.09. The van der Waals surface area contributed by atoms with Crippen LogP contribution < -0.4 is 5.14 Å². The molecule has 15 heavy (non-hydrogen) atoms. The predicted molar refractivity (Wildman–Crippen MR) is 56.5 cm³/mol. The lowest BCUT2D eigenvalue weighted by atomic mass is 10.2. The van der Waals surface area contributed by atoms with Gasteiger partial charge in [-0.3, -0.25) is 0 Å². The summed E-state index contributed by atoms with van der Waals surface area (Å²) >= 11 is 0.822. The lowest BCUT2D eigenvalue weighted by Crippen LogP contribution is -2.09. The maximum Gasteiger partial charge on any atom is 0.247 e. The van der Waals surface area contributed by atoms with E-state index >= 15 is 0 Å². The molecule has 1 heterocycles. The number of rotatable bonds is 1. The second-order valence-electron chi connectivity index (χ2n) is 2.96. The Morgan fingerprint density at radius 1 is 1.20 bits per heavy atom. The normalized spacial score (nSPS) is 12.1. The zero-order chi connectivity index (χ0) is 11.2. The molecule has 0 saturated carbocycles. The molecule has 0 unspecified atom stereocenters. The molecule has 2 aromatic rings. The minimum absolute atomic E-state index is 0.0808. The Labute approximate surface area is 89.4 Å². The summed E-state index contributed by atoms with van der Waals surface area (Å²) in [6.45, 7) is 0. The smallest absolute Gasteiger partial charge is 0.247 e. The van der Waals surface area contributed by atoms with Crippen LogP contribution in [0.5, 0.6) is 11.5 Å². The minimum atomic E-state index is -3.80. The maximum atomic E-state index is 11.1. The molecule has 80 valence electrons. The number of sulfonamides is 1. The third-order valence-electron chi connectivity index (χ3n) is 1.90. The highest BCUT2D eigenvalue weighted by Crippen LogP contribution is 2.39. The van der Waals surface area contributed by atoms with Crippen LogP contribution in [0.1, 0.15) is 0 Å². The molecule has 0 aliphatic rings. The number of nitrogens with two attached hydrogens (primary N) is 1. The van der Waals surface area contributed by atoms with E-state index in [0.29, 0.717) is 4.70 Å². The first-order chi connectivity index (χ1) is 6.89. The molecule has 0 aliphatic carbocycles. The number of phenolic OH excluding ortho intramolecular Hbond substituents is 2. The van der Waals surface area contributed by atoms with E-state index in [9.17, 15) is 18.6 Å². The van der Waals surface area contributed by atoms with E-state index < -0.39 is 10.0 Å². The van der Waals surface area contributed by atoms with Gasteiger partial charge in [0.25, 0.3) is 0 Å². The molecule has 1 aromatic heterocycles. The fraction of sp³-hybridized carbons (Fsp3) is 0. The number of hydrogen-bond donors (Lipinski definition) is 3. The molecule has 1 aromatic carbocycles. The third kappa shape index (κ3) is 1.65. The van der Waals surface area contributed by atoms with Crippen molar-refractivity contribution < 1.29 is 18.6 Å². The van der Waals surface area contributed by atoms with Gasteiger partial charge in [0.15, 0.2) is 0 Å². The maximum absolute atomic E-state index is 11.1. The zero-order valence-corrected chi connectivity index (χ0v) is 8.97.